The van der Waals surface area contributed by atoms with Gasteiger partial charge in [0.2, 0.25) is 0 Å². The summed E-state index contributed by atoms with van der Waals surface area (Å²) in [5.41, 5.74) is 4.99. The number of aromatic nitrogens is 1. The molecule has 0 radical (unpaired) electrons. The molecule has 0 unspecified atom stereocenters. The van der Waals surface area contributed by atoms with Crippen molar-refractivity contribution in [2.75, 3.05) is 12.5 Å². The summed E-state index contributed by atoms with van der Waals surface area (Å²) in [6.07, 6.45) is 1.73. The summed E-state index contributed by atoms with van der Waals surface area (Å²) in [5.74, 6) is 6.19. The SMILES string of the molecule is CN(Cc1ccc(Br)cc1)Cc1cccnc1NN. The first-order chi connectivity index (χ1) is 9.19. The predicted molar refractivity (Wildman–Crippen MR) is 81.4 cm³/mol. The third-order valence-electron chi connectivity index (χ3n) is 2.83. The summed E-state index contributed by atoms with van der Waals surface area (Å²) in [6.45, 7) is 1.68. The molecule has 100 valence electrons. The van der Waals surface area contributed by atoms with Gasteiger partial charge in [-0.2, -0.15) is 0 Å². The van der Waals surface area contributed by atoms with Gasteiger partial charge in [-0.05, 0) is 30.8 Å². The van der Waals surface area contributed by atoms with Crippen molar-refractivity contribution in [1.29, 1.82) is 0 Å². The van der Waals surface area contributed by atoms with Crippen molar-refractivity contribution in [3.63, 3.8) is 0 Å². The fourth-order valence-corrected chi connectivity index (χ4v) is 2.21. The van der Waals surface area contributed by atoms with Crippen molar-refractivity contribution >= 4 is 21.7 Å². The van der Waals surface area contributed by atoms with Crippen molar-refractivity contribution in [1.82, 2.24) is 9.88 Å². The molecular weight excluding hydrogens is 304 g/mol. The average Bonchev–Trinajstić information content (AvgIpc) is 2.42. The molecule has 0 aliphatic carbocycles. The molecule has 0 saturated heterocycles. The van der Waals surface area contributed by atoms with Gasteiger partial charge in [0.1, 0.15) is 5.82 Å². The van der Waals surface area contributed by atoms with Crippen LogP contribution >= 0.6 is 15.9 Å². The van der Waals surface area contributed by atoms with E-state index in [2.05, 4.69) is 62.6 Å². The first kappa shape index (κ1) is 14.0. The molecule has 0 atom stereocenters. The van der Waals surface area contributed by atoms with Crippen LogP contribution in [0.2, 0.25) is 0 Å². The highest BCUT2D eigenvalue weighted by molar-refractivity contribution is 9.10. The lowest BCUT2D eigenvalue weighted by Gasteiger charge is -2.18. The van der Waals surface area contributed by atoms with Gasteiger partial charge >= 0.3 is 0 Å². The van der Waals surface area contributed by atoms with Crippen LogP contribution in [0.15, 0.2) is 47.1 Å². The van der Waals surface area contributed by atoms with Crippen LogP contribution < -0.4 is 11.3 Å². The summed E-state index contributed by atoms with van der Waals surface area (Å²) in [7, 11) is 2.08. The van der Waals surface area contributed by atoms with Crippen molar-refractivity contribution < 1.29 is 0 Å². The maximum absolute atomic E-state index is 5.46. The zero-order valence-electron chi connectivity index (χ0n) is 10.8. The van der Waals surface area contributed by atoms with Gasteiger partial charge in [0, 0.05) is 29.3 Å². The molecular formula is C14H17BrN4. The van der Waals surface area contributed by atoms with Crippen molar-refractivity contribution in [2.45, 2.75) is 13.1 Å². The topological polar surface area (TPSA) is 54.2 Å². The lowest BCUT2D eigenvalue weighted by molar-refractivity contribution is 0.319. The van der Waals surface area contributed by atoms with E-state index >= 15 is 0 Å². The molecule has 1 heterocycles. The first-order valence-corrected chi connectivity index (χ1v) is 6.82. The van der Waals surface area contributed by atoms with Crippen molar-refractivity contribution in [3.8, 4) is 0 Å². The Kier molecular flexibility index (Phi) is 4.90. The highest BCUT2D eigenvalue weighted by Gasteiger charge is 2.06. The molecule has 0 fully saturated rings. The number of anilines is 1. The molecule has 1 aromatic carbocycles. The number of nitrogens with zero attached hydrogens (tertiary/aromatic N) is 2. The van der Waals surface area contributed by atoms with E-state index in [1.807, 2.05) is 12.1 Å². The molecule has 0 aliphatic rings. The quantitative estimate of drug-likeness (QED) is 0.657. The van der Waals surface area contributed by atoms with Gasteiger partial charge < -0.3 is 5.43 Å². The minimum atomic E-state index is 0.727. The number of pyridine rings is 1. The van der Waals surface area contributed by atoms with E-state index in [-0.39, 0.29) is 0 Å². The van der Waals surface area contributed by atoms with Crippen LogP contribution in [0.25, 0.3) is 0 Å². The normalized spacial score (nSPS) is 10.7. The monoisotopic (exact) mass is 320 g/mol. The molecule has 0 saturated carbocycles. The number of hydrogen-bond donors (Lipinski definition) is 2. The van der Waals surface area contributed by atoms with Crippen LogP contribution in [0, 0.1) is 0 Å². The Morgan fingerprint density at radius 2 is 1.95 bits per heavy atom. The molecule has 2 aromatic rings. The van der Waals surface area contributed by atoms with E-state index in [0.29, 0.717) is 0 Å². The van der Waals surface area contributed by atoms with Crippen LogP contribution in [-0.4, -0.2) is 16.9 Å². The van der Waals surface area contributed by atoms with E-state index in [9.17, 15) is 0 Å². The van der Waals surface area contributed by atoms with E-state index in [4.69, 9.17) is 5.84 Å². The zero-order chi connectivity index (χ0) is 13.7. The number of hydrogen-bond acceptors (Lipinski definition) is 4. The second kappa shape index (κ2) is 6.65. The smallest absolute Gasteiger partial charge is 0.144 e. The number of nitrogens with one attached hydrogen (secondary N) is 1. The van der Waals surface area contributed by atoms with Gasteiger partial charge in [-0.1, -0.05) is 34.1 Å². The van der Waals surface area contributed by atoms with Crippen LogP contribution in [-0.2, 0) is 13.1 Å². The molecule has 3 N–H and O–H groups in total. The first-order valence-electron chi connectivity index (χ1n) is 6.02. The Morgan fingerprint density at radius 1 is 1.21 bits per heavy atom. The molecule has 2 rings (SSSR count). The maximum Gasteiger partial charge on any atom is 0.144 e. The van der Waals surface area contributed by atoms with Gasteiger partial charge in [-0.25, -0.2) is 10.8 Å². The van der Waals surface area contributed by atoms with Crippen molar-refractivity contribution in [3.05, 3.63) is 58.2 Å². The standard InChI is InChI=1S/C14H17BrN4/c1-19(9-11-4-6-13(15)7-5-11)10-12-3-2-8-17-14(12)18-16/h2-8H,9-10,16H2,1H3,(H,17,18). The second-order valence-electron chi connectivity index (χ2n) is 4.45. The van der Waals surface area contributed by atoms with Gasteiger partial charge in [0.05, 0.1) is 0 Å². The fourth-order valence-electron chi connectivity index (χ4n) is 1.94. The molecule has 4 nitrogen and oxygen atoms in total. The van der Waals surface area contributed by atoms with Gasteiger partial charge in [-0.15, -0.1) is 0 Å². The number of nitrogens with two attached hydrogens (primary N) is 1. The van der Waals surface area contributed by atoms with Crippen LogP contribution in [0.1, 0.15) is 11.1 Å². The number of nitrogen functional groups attached to an aromatic ring is 1. The Hall–Kier alpha value is -1.43. The van der Waals surface area contributed by atoms with Crippen molar-refractivity contribution in [2.24, 2.45) is 5.84 Å². The third-order valence-corrected chi connectivity index (χ3v) is 3.36. The van der Waals surface area contributed by atoms with E-state index in [0.717, 1.165) is 28.9 Å². The molecule has 0 bridgehead atoms. The number of rotatable bonds is 5. The molecule has 1 aromatic heterocycles. The van der Waals surface area contributed by atoms with Crippen LogP contribution in [0.5, 0.6) is 0 Å². The predicted octanol–water partition coefficient (Wildman–Crippen LogP) is 2.76. The van der Waals surface area contributed by atoms with Crippen LogP contribution in [0.4, 0.5) is 5.82 Å². The Morgan fingerprint density at radius 3 is 2.63 bits per heavy atom. The van der Waals surface area contributed by atoms with Crippen LogP contribution in [0.3, 0.4) is 0 Å². The van der Waals surface area contributed by atoms with E-state index in [1.165, 1.54) is 5.56 Å². The number of hydrazine groups is 1. The average molecular weight is 321 g/mol. The van der Waals surface area contributed by atoms with Gasteiger partial charge in [0.15, 0.2) is 0 Å². The van der Waals surface area contributed by atoms with E-state index in [1.54, 1.807) is 6.20 Å². The van der Waals surface area contributed by atoms with Gasteiger partial charge in [0.25, 0.3) is 0 Å². The van der Waals surface area contributed by atoms with E-state index < -0.39 is 0 Å². The highest BCUT2D eigenvalue weighted by atomic mass is 79.9. The Bertz CT molecular complexity index is 527. The lowest BCUT2D eigenvalue weighted by Crippen LogP contribution is -2.19. The highest BCUT2D eigenvalue weighted by Crippen LogP contribution is 2.15. The minimum Gasteiger partial charge on any atom is -0.308 e. The fraction of sp³-hybridized carbons (Fsp3) is 0.214. The number of benzene rings is 1. The molecule has 0 amide bonds. The summed E-state index contributed by atoms with van der Waals surface area (Å²) in [4.78, 5) is 6.42. The minimum absolute atomic E-state index is 0.727. The largest absolute Gasteiger partial charge is 0.308 e. The summed E-state index contributed by atoms with van der Waals surface area (Å²) in [6, 6.07) is 12.3. The third kappa shape index (κ3) is 4.02. The molecule has 0 spiro atoms. The lowest BCUT2D eigenvalue weighted by atomic mass is 10.2. The summed E-state index contributed by atoms with van der Waals surface area (Å²) < 4.78 is 1.10. The zero-order valence-corrected chi connectivity index (χ0v) is 12.4. The molecule has 19 heavy (non-hydrogen) atoms. The second-order valence-corrected chi connectivity index (χ2v) is 5.37. The number of halogens is 1. The summed E-state index contributed by atoms with van der Waals surface area (Å²) in [5, 5.41) is 0. The molecule has 5 heteroatoms. The summed E-state index contributed by atoms with van der Waals surface area (Å²) >= 11 is 3.44. The Labute approximate surface area is 121 Å². The Balaban J connectivity index is 2.01. The maximum atomic E-state index is 5.46. The molecule has 0 aliphatic heterocycles. The van der Waals surface area contributed by atoms with Gasteiger partial charge in [-0.3, -0.25) is 4.90 Å².